The second-order valence-corrected chi connectivity index (χ2v) is 14.3. The Morgan fingerprint density at radius 1 is 0.750 bits per heavy atom. The third-order valence-electron chi connectivity index (χ3n) is 8.87. The van der Waals surface area contributed by atoms with E-state index in [1.807, 2.05) is 6.92 Å². The molecule has 0 spiro atoms. The molecule has 0 aliphatic heterocycles. The number of urea groups is 2. The van der Waals surface area contributed by atoms with Crippen LogP contribution in [0.25, 0.3) is 22.3 Å². The van der Waals surface area contributed by atoms with Crippen molar-refractivity contribution in [2.24, 2.45) is 4.99 Å². The zero-order valence-electron chi connectivity index (χ0n) is 35.4. The SMILES string of the molecule is CC(=O)OO.CCNC(=O)N=c1ccc(Cc2ccc(OC)c(-c3cccc(Cl)c3)c2F)cn1O.CCNC(=O)Nc1ccc(Cc2ccc(OC)c(-c3cccc(Cl)c3)c2F)cn1. The molecule has 0 fully saturated rings. The van der Waals surface area contributed by atoms with Gasteiger partial charge in [0.15, 0.2) is 5.49 Å². The molecule has 18 heteroatoms. The van der Waals surface area contributed by atoms with Crippen molar-refractivity contribution in [1.29, 1.82) is 0 Å². The van der Waals surface area contributed by atoms with Crippen LogP contribution in [0.2, 0.25) is 10.0 Å². The lowest BCUT2D eigenvalue weighted by Gasteiger charge is -2.14. The monoisotopic (exact) mass is 918 g/mol. The van der Waals surface area contributed by atoms with Crippen molar-refractivity contribution in [2.45, 2.75) is 33.6 Å². The average Bonchev–Trinajstić information content (AvgIpc) is 3.27. The molecule has 2 heterocycles. The maximum absolute atomic E-state index is 15.4. The summed E-state index contributed by atoms with van der Waals surface area (Å²) in [4.78, 5) is 43.6. The van der Waals surface area contributed by atoms with E-state index in [1.54, 1.807) is 104 Å². The quantitative estimate of drug-likeness (QED) is 0.0479. The highest BCUT2D eigenvalue weighted by Gasteiger charge is 2.19. The number of hydrogen-bond donors (Lipinski definition) is 5. The molecule has 0 bridgehead atoms. The predicted octanol–water partition coefficient (Wildman–Crippen LogP) is 9.72. The third-order valence-corrected chi connectivity index (χ3v) is 9.34. The van der Waals surface area contributed by atoms with E-state index in [2.05, 4.69) is 30.8 Å². The summed E-state index contributed by atoms with van der Waals surface area (Å²) >= 11 is 12.1. The van der Waals surface area contributed by atoms with Gasteiger partial charge >= 0.3 is 18.0 Å². The number of carbonyl (C=O) groups is 3. The van der Waals surface area contributed by atoms with Gasteiger partial charge in [-0.25, -0.2) is 28.1 Å². The first-order valence-corrected chi connectivity index (χ1v) is 20.2. The Balaban J connectivity index is 0.000000254. The molecule has 5 N–H and O–H groups in total. The van der Waals surface area contributed by atoms with E-state index in [-0.39, 0.29) is 23.8 Å². The number of ether oxygens (including phenoxy) is 2. The van der Waals surface area contributed by atoms with Gasteiger partial charge in [0.2, 0.25) is 0 Å². The summed E-state index contributed by atoms with van der Waals surface area (Å²) in [5.41, 5.74) is 4.37. The van der Waals surface area contributed by atoms with Crippen LogP contribution in [0.1, 0.15) is 43.0 Å². The zero-order valence-corrected chi connectivity index (χ0v) is 36.9. The van der Waals surface area contributed by atoms with Crippen LogP contribution in [-0.4, -0.2) is 65.5 Å². The number of rotatable bonds is 11. The van der Waals surface area contributed by atoms with Gasteiger partial charge < -0.3 is 30.2 Å². The van der Waals surface area contributed by atoms with Crippen LogP contribution in [0.15, 0.2) is 114 Å². The fourth-order valence-corrected chi connectivity index (χ4v) is 6.40. The minimum atomic E-state index is -0.690. The van der Waals surface area contributed by atoms with E-state index < -0.39 is 17.8 Å². The first-order valence-electron chi connectivity index (χ1n) is 19.5. The number of aromatic nitrogens is 2. The second kappa shape index (κ2) is 24.6. The van der Waals surface area contributed by atoms with Crippen LogP contribution in [0.3, 0.4) is 0 Å². The number of halogens is 4. The van der Waals surface area contributed by atoms with Crippen molar-refractivity contribution in [2.75, 3.05) is 32.6 Å². The van der Waals surface area contributed by atoms with E-state index in [0.717, 1.165) is 17.2 Å². The summed E-state index contributed by atoms with van der Waals surface area (Å²) in [5, 5.41) is 26.2. The van der Waals surface area contributed by atoms with E-state index in [4.69, 9.17) is 37.9 Å². The van der Waals surface area contributed by atoms with Gasteiger partial charge in [0.05, 0.1) is 25.3 Å². The Hall–Kier alpha value is -7.01. The van der Waals surface area contributed by atoms with Gasteiger partial charge in [-0.2, -0.15) is 15.0 Å². The van der Waals surface area contributed by atoms with Crippen LogP contribution >= 0.6 is 23.2 Å². The molecule has 0 unspecified atom stereocenters. The summed E-state index contributed by atoms with van der Waals surface area (Å²) in [6.45, 7) is 5.66. The molecule has 6 rings (SSSR count). The molecule has 14 nitrogen and oxygen atoms in total. The highest BCUT2D eigenvalue weighted by atomic mass is 35.5. The molecular weight excluding hydrogens is 873 g/mol. The highest BCUT2D eigenvalue weighted by Crippen LogP contribution is 2.37. The minimum absolute atomic E-state index is 0.0690. The van der Waals surface area contributed by atoms with Crippen LogP contribution in [0.5, 0.6) is 11.5 Å². The average molecular weight is 920 g/mol. The van der Waals surface area contributed by atoms with E-state index >= 15 is 8.78 Å². The van der Waals surface area contributed by atoms with Crippen molar-refractivity contribution in [3.05, 3.63) is 159 Å². The molecule has 64 heavy (non-hydrogen) atoms. The maximum Gasteiger partial charge on any atom is 0.343 e. The summed E-state index contributed by atoms with van der Waals surface area (Å²) in [5.74, 6) is -0.229. The lowest BCUT2D eigenvalue weighted by atomic mass is 9.97. The number of hydrogen-bond acceptors (Lipinski definition) is 9. The Bertz CT molecular complexity index is 2630. The zero-order chi connectivity index (χ0) is 46.8. The molecule has 0 atom stereocenters. The number of methoxy groups -OCH3 is 2. The fraction of sp³-hybridized carbons (Fsp3) is 0.196. The van der Waals surface area contributed by atoms with Crippen LogP contribution in [-0.2, 0) is 22.5 Å². The van der Waals surface area contributed by atoms with Crippen molar-refractivity contribution in [3.63, 3.8) is 0 Å². The summed E-state index contributed by atoms with van der Waals surface area (Å²) < 4.78 is 42.2. The number of nitrogens with zero attached hydrogens (tertiary/aromatic N) is 3. The number of pyridine rings is 2. The first kappa shape index (κ1) is 49.6. The highest BCUT2D eigenvalue weighted by molar-refractivity contribution is 6.31. The third kappa shape index (κ3) is 14.3. The minimum Gasteiger partial charge on any atom is -0.496 e. The largest absolute Gasteiger partial charge is 0.496 e. The van der Waals surface area contributed by atoms with E-state index in [0.29, 0.717) is 85.8 Å². The topological polar surface area (TPSA) is 186 Å². The van der Waals surface area contributed by atoms with Gasteiger partial charge in [-0.3, -0.25) is 5.32 Å². The van der Waals surface area contributed by atoms with Crippen molar-refractivity contribution < 1.29 is 48.0 Å². The van der Waals surface area contributed by atoms with Crippen molar-refractivity contribution in [1.82, 2.24) is 20.3 Å². The first-order chi connectivity index (χ1) is 30.7. The maximum atomic E-state index is 15.4. The summed E-state index contributed by atoms with van der Waals surface area (Å²) in [6, 6.07) is 26.4. The van der Waals surface area contributed by atoms with Gasteiger partial charge in [-0.1, -0.05) is 71.7 Å². The molecule has 2 aromatic heterocycles. The lowest BCUT2D eigenvalue weighted by Crippen LogP contribution is -2.28. The van der Waals surface area contributed by atoms with Crippen molar-refractivity contribution in [3.8, 4) is 33.8 Å². The molecule has 6 aromatic rings. The Morgan fingerprint density at radius 3 is 1.70 bits per heavy atom. The van der Waals surface area contributed by atoms with E-state index in [9.17, 15) is 19.6 Å². The van der Waals surface area contributed by atoms with Crippen LogP contribution < -0.4 is 30.9 Å². The van der Waals surface area contributed by atoms with Gasteiger partial charge in [-0.15, -0.1) is 0 Å². The molecule has 0 saturated heterocycles. The van der Waals surface area contributed by atoms with E-state index in [1.165, 1.54) is 26.5 Å². The Labute approximate surface area is 378 Å². The Kier molecular flexibility index (Phi) is 19.1. The predicted molar refractivity (Wildman–Crippen MR) is 240 cm³/mol. The molecule has 0 aliphatic rings. The van der Waals surface area contributed by atoms with Crippen molar-refractivity contribution >= 4 is 47.1 Å². The summed E-state index contributed by atoms with van der Waals surface area (Å²) in [6.07, 6.45) is 3.56. The standard InChI is InChI=1S/C22H21ClFN3O3.C22H21ClFN3O2.C2H4O3/c1-3-25-22(28)26-19-10-7-14(13-27(19)29)11-16-8-9-18(30-2)20(21(16)24)15-5-4-6-17(23)12-15;1-3-25-22(28)27-19-10-7-14(13-26-19)11-16-8-9-18(29-2)20(21(16)24)15-5-4-6-17(23)12-15;1-2(3)5-4/h4-10,12-13,29H,3,11H2,1-2H3,(H,25,28);4-10,12-13H,3,11H2,1-2H3,(H2,25,26,27,28);4H,1H3. The molecule has 0 saturated carbocycles. The van der Waals surface area contributed by atoms with Gasteiger partial charge in [0.1, 0.15) is 29.0 Å². The van der Waals surface area contributed by atoms with Crippen LogP contribution in [0.4, 0.5) is 24.2 Å². The molecule has 4 amide bonds. The number of carbonyl (C=O) groups excluding carboxylic acids is 3. The lowest BCUT2D eigenvalue weighted by molar-refractivity contribution is -0.231. The molecule has 0 radical (unpaired) electrons. The van der Waals surface area contributed by atoms with Gasteiger partial charge in [-0.05, 0) is 95.8 Å². The summed E-state index contributed by atoms with van der Waals surface area (Å²) in [7, 11) is 2.99. The van der Waals surface area contributed by atoms with Gasteiger partial charge in [0.25, 0.3) is 0 Å². The molecular formula is C46H46Cl2F2N6O8. The number of anilines is 1. The molecule has 0 aliphatic carbocycles. The van der Waals surface area contributed by atoms with Gasteiger partial charge in [0, 0.05) is 55.3 Å². The number of amides is 4. The number of nitrogens with one attached hydrogen (secondary N) is 3. The normalized spacial score (nSPS) is 10.6. The fourth-order valence-electron chi connectivity index (χ4n) is 6.02. The van der Waals surface area contributed by atoms with Crippen LogP contribution in [0, 0.1) is 11.6 Å². The smallest absolute Gasteiger partial charge is 0.343 e. The molecule has 336 valence electrons. The molecule has 4 aromatic carbocycles. The number of benzene rings is 4. The Morgan fingerprint density at radius 2 is 1.27 bits per heavy atom. The second-order valence-electron chi connectivity index (χ2n) is 13.4.